The van der Waals surface area contributed by atoms with Crippen molar-refractivity contribution in [1.82, 2.24) is 0 Å². The maximum atomic E-state index is 7.96. The van der Waals surface area contributed by atoms with Crippen LogP contribution >= 0.6 is 0 Å². The first kappa shape index (κ1) is 68.3. The number of aryl methyl sites for hydroxylation is 8. The minimum absolute atomic E-state index is 0.137. The van der Waals surface area contributed by atoms with E-state index < -0.39 is 70.8 Å². The average Bonchev–Trinajstić information content (AvgIpc) is 1.48. The number of hydrogen-bond donors (Lipinski definition) is 0. The summed E-state index contributed by atoms with van der Waals surface area (Å²) < 4.78 is 0. The molecule has 7 aromatic rings. The van der Waals surface area contributed by atoms with Crippen LogP contribution in [0.5, 0.6) is 0 Å². The number of fused-ring (bicyclic) bond motifs is 4. The van der Waals surface area contributed by atoms with Gasteiger partial charge in [0, 0.05) is 198 Å². The van der Waals surface area contributed by atoms with E-state index in [1.165, 1.54) is 113 Å². The van der Waals surface area contributed by atoms with E-state index in [2.05, 4.69) is 104 Å². The number of hydrogen-bond acceptors (Lipinski definition) is 0. The molecule has 0 atom stereocenters. The summed E-state index contributed by atoms with van der Waals surface area (Å²) in [6, 6.07) is 0. The predicted octanol–water partition coefficient (Wildman–Crippen LogP) is -4.47. The van der Waals surface area contributed by atoms with Crippen molar-refractivity contribution in [2.24, 2.45) is 0 Å². The van der Waals surface area contributed by atoms with Crippen LogP contribution in [0.25, 0.3) is 65.3 Å². The minimum Gasteiger partial charge on any atom is -0.113 e. The first-order chi connectivity index (χ1) is 38.7. The molecule has 0 heterocycles. The summed E-state index contributed by atoms with van der Waals surface area (Å²) in [4.78, 5) is 0. The number of rotatable bonds is 18. The third-order valence-corrected chi connectivity index (χ3v) is 19.8. The molecule has 83 heavy (non-hydrogen) atoms. The molecule has 0 saturated carbocycles. The van der Waals surface area contributed by atoms with E-state index in [9.17, 15) is 0 Å². The largest absolute Gasteiger partial charge is 0.113 e. The molecular formula is C49H45B34. The quantitative estimate of drug-likeness (QED) is 0.0603. The van der Waals surface area contributed by atoms with Gasteiger partial charge in [-0.1, -0.05) is 27.3 Å². The SMILES string of the molecule is [B][B]B([B])B(B([B])[B])c1c(B([B][B])B([B])[B])c(B([B])B([B])[B])c2c(B([B])[B][B])c(-c3c(C)c(C)c(C)c4c(-c5c(C)c(C)c6c(C)c(C)c(C)c(C)c6c5C)c5c(C)c(C)c(C)c(C)c5c(C)c34)c([B][B])c([B])c2c1B(B([B])[B])B([B])[B][B]. The van der Waals surface area contributed by atoms with Crippen LogP contribution in [-0.2, 0) is 0 Å². The highest BCUT2D eigenvalue weighted by Crippen LogP contribution is 2.52. The lowest BCUT2D eigenvalue weighted by atomic mass is 8.65. The van der Waals surface area contributed by atoms with Gasteiger partial charge in [-0.25, -0.2) is 0 Å². The zero-order chi connectivity index (χ0) is 62.5. The van der Waals surface area contributed by atoms with E-state index in [1.807, 2.05) is 0 Å². The molecule has 41 radical (unpaired) electrons. The van der Waals surface area contributed by atoms with Crippen molar-refractivity contribution in [3.8, 4) is 22.3 Å². The molecule has 343 valence electrons. The molecule has 7 rings (SSSR count). The van der Waals surface area contributed by atoms with Crippen LogP contribution in [0.15, 0.2) is 0 Å². The monoisotopic (exact) mass is 1010 g/mol. The molecular weight excluding hydrogens is 956 g/mol. The zero-order valence-electron chi connectivity index (χ0n) is 51.6. The van der Waals surface area contributed by atoms with Gasteiger partial charge in [-0.15, -0.1) is 10.9 Å². The van der Waals surface area contributed by atoms with E-state index in [4.69, 9.17) is 139 Å². The Bertz CT molecular complexity index is 3760. The van der Waals surface area contributed by atoms with Gasteiger partial charge in [-0.2, -0.15) is 0 Å². The topological polar surface area (TPSA) is 0 Å². The average molecular weight is 1000 g/mol. The minimum atomic E-state index is -1.28. The Morgan fingerprint density at radius 2 is 0.663 bits per heavy atom. The molecule has 0 unspecified atom stereocenters. The maximum Gasteiger partial charge on any atom is 0.113 e. The van der Waals surface area contributed by atoms with Crippen molar-refractivity contribution in [3.05, 3.63) is 83.5 Å². The highest BCUT2D eigenvalue weighted by Gasteiger charge is 2.43. The molecule has 0 saturated heterocycles. The van der Waals surface area contributed by atoms with Crippen LogP contribution in [-0.4, -0.2) is 246 Å². The fraction of sp³-hybridized carbons (Fsp3) is 0.306. The normalized spacial score (nSPS) is 11.2. The number of benzene rings is 7. The molecule has 34 heteroatoms. The maximum absolute atomic E-state index is 7.96. The van der Waals surface area contributed by atoms with Crippen LogP contribution in [0.1, 0.15) is 83.5 Å². The molecule has 0 spiro atoms. The van der Waals surface area contributed by atoms with Crippen molar-refractivity contribution < 1.29 is 0 Å². The van der Waals surface area contributed by atoms with Gasteiger partial charge in [0.1, 0.15) is 7.85 Å². The van der Waals surface area contributed by atoms with Crippen molar-refractivity contribution in [1.29, 1.82) is 0 Å². The molecule has 0 aromatic heterocycles. The Hall–Kier alpha value is -2.21. The fourth-order valence-electron chi connectivity index (χ4n) is 14.5. The molecule has 0 fully saturated rings. The Labute approximate surface area is 532 Å². The van der Waals surface area contributed by atoms with Gasteiger partial charge >= 0.3 is 0 Å². The molecule has 0 aliphatic rings. The highest BCUT2D eigenvalue weighted by atomic mass is 14.3. The van der Waals surface area contributed by atoms with Gasteiger partial charge < -0.3 is 0 Å². The first-order valence-electron chi connectivity index (χ1n) is 28.5. The molecule has 0 aliphatic heterocycles. The standard InChI is InChI=1S/C49H45B34/c1-16-17(2)22(7)32-29(14)34(28(13)27(12)31(32)21(16)6)39-35-24(9)19(4)18(3)23(8)33(35)30(15)38-36(39)25(10)20(5)26(11)37(38)41-44(68-51)43(50)40-42(45(41)73(56)69-52)46(74(57)78(58)59)48(75(70-53)79(60)61)49(77(81(64)65)83(67)72-55)47(40)76(80(62)63)82(66)71-54/h1-15H3. The van der Waals surface area contributed by atoms with Crippen molar-refractivity contribution >= 4 is 327 Å². The van der Waals surface area contributed by atoms with Gasteiger partial charge in [0.2, 0.25) is 0 Å². The molecule has 0 bridgehead atoms. The summed E-state index contributed by atoms with van der Waals surface area (Å²) in [5.41, 5.74) is 23.3. The van der Waals surface area contributed by atoms with Gasteiger partial charge in [0.05, 0.1) is 39.6 Å². The summed E-state index contributed by atoms with van der Waals surface area (Å²) in [5, 5.41) is 7.49. The fourth-order valence-corrected chi connectivity index (χ4v) is 14.5. The van der Waals surface area contributed by atoms with Crippen molar-refractivity contribution in [3.63, 3.8) is 0 Å². The summed E-state index contributed by atoms with van der Waals surface area (Å²) in [5.74, 6) is 0. The summed E-state index contributed by atoms with van der Waals surface area (Å²) in [7, 11) is 132. The van der Waals surface area contributed by atoms with E-state index >= 15 is 0 Å². The van der Waals surface area contributed by atoms with Crippen LogP contribution < -0.4 is 38.2 Å². The third-order valence-electron chi connectivity index (χ3n) is 19.8. The van der Waals surface area contributed by atoms with Gasteiger partial charge in [0.25, 0.3) is 0 Å². The lowest BCUT2D eigenvalue weighted by molar-refractivity contribution is 1.23. The van der Waals surface area contributed by atoms with Gasteiger partial charge in [-0.05, 0) is 253 Å². The molecule has 7 aromatic carbocycles. The van der Waals surface area contributed by atoms with Crippen LogP contribution in [0, 0.1) is 104 Å². The second kappa shape index (κ2) is 26.1. The molecule has 0 amide bonds. The Morgan fingerprint density at radius 3 is 1.07 bits per heavy atom. The van der Waals surface area contributed by atoms with Gasteiger partial charge in [-0.3, -0.25) is 0 Å². The predicted molar refractivity (Wildman–Crippen MR) is 411 cm³/mol. The third kappa shape index (κ3) is 10.8. The summed E-state index contributed by atoms with van der Waals surface area (Å²) >= 11 is 0. The lowest BCUT2D eigenvalue weighted by Crippen LogP contribution is -2.80. The van der Waals surface area contributed by atoms with E-state index in [1.54, 1.807) is 0 Å². The van der Waals surface area contributed by atoms with Crippen LogP contribution in [0.2, 0.25) is 0 Å². The Kier molecular flexibility index (Phi) is 21.5. The van der Waals surface area contributed by atoms with Crippen molar-refractivity contribution in [2.75, 3.05) is 0 Å². The molecule has 0 nitrogen and oxygen atoms in total. The van der Waals surface area contributed by atoms with Crippen LogP contribution in [0.4, 0.5) is 0 Å². The van der Waals surface area contributed by atoms with Gasteiger partial charge in [0.15, 0.2) is 0 Å². The Balaban J connectivity index is 2.02. The molecule has 0 aliphatic carbocycles. The summed E-state index contributed by atoms with van der Waals surface area (Å²) in [6.07, 6.45) is -7.17. The first-order valence-corrected chi connectivity index (χ1v) is 28.5. The second-order valence-corrected chi connectivity index (χ2v) is 23.8. The summed E-state index contributed by atoms with van der Waals surface area (Å²) in [6.45, 7) is 27.7. The lowest BCUT2D eigenvalue weighted by Gasteiger charge is -2.43. The van der Waals surface area contributed by atoms with Crippen LogP contribution in [0.3, 0.4) is 0 Å². The Morgan fingerprint density at radius 1 is 0.277 bits per heavy atom. The second-order valence-electron chi connectivity index (χ2n) is 23.8. The van der Waals surface area contributed by atoms with Crippen molar-refractivity contribution in [2.45, 2.75) is 104 Å². The van der Waals surface area contributed by atoms with E-state index in [-0.39, 0.29) is 10.9 Å². The smallest absolute Gasteiger partial charge is 0.113 e. The highest BCUT2D eigenvalue weighted by molar-refractivity contribution is 7.91. The molecule has 0 N–H and O–H groups in total. The van der Waals surface area contributed by atoms with E-state index in [0.29, 0.717) is 43.6 Å². The van der Waals surface area contributed by atoms with E-state index in [0.717, 1.165) is 55.1 Å². The zero-order valence-corrected chi connectivity index (χ0v) is 51.6.